The highest BCUT2D eigenvalue weighted by Crippen LogP contribution is 2.42. The number of piperazine rings is 1. The summed E-state index contributed by atoms with van der Waals surface area (Å²) in [6.45, 7) is 4.77. The lowest BCUT2D eigenvalue weighted by Crippen LogP contribution is -2.57. The van der Waals surface area contributed by atoms with Gasteiger partial charge in [-0.05, 0) is 43.7 Å². The summed E-state index contributed by atoms with van der Waals surface area (Å²) in [5, 5.41) is 0.819. The third kappa shape index (κ3) is 3.86. The minimum absolute atomic E-state index is 0.229. The number of hydrogen-bond donors (Lipinski definition) is 1. The minimum Gasteiger partial charge on any atom is -0.494 e. The van der Waals surface area contributed by atoms with Crippen LogP contribution in [0.1, 0.15) is 12.8 Å². The lowest BCUT2D eigenvalue weighted by molar-refractivity contribution is 0.163. The Kier molecular flexibility index (Phi) is 5.69. The van der Waals surface area contributed by atoms with Gasteiger partial charge in [0.15, 0.2) is 0 Å². The van der Waals surface area contributed by atoms with Crippen LogP contribution in [0.2, 0.25) is 0 Å². The van der Waals surface area contributed by atoms with Gasteiger partial charge in [0.25, 0.3) is 5.56 Å². The van der Waals surface area contributed by atoms with E-state index in [2.05, 4.69) is 19.8 Å². The molecule has 2 aliphatic heterocycles. The van der Waals surface area contributed by atoms with Crippen molar-refractivity contribution in [2.24, 2.45) is 0 Å². The molecule has 35 heavy (non-hydrogen) atoms. The van der Waals surface area contributed by atoms with Crippen LogP contribution in [0.15, 0.2) is 46.1 Å². The number of para-hydroxylation sites is 1. The zero-order valence-electron chi connectivity index (χ0n) is 19.5. The van der Waals surface area contributed by atoms with E-state index in [0.717, 1.165) is 66.4 Å². The number of aromatic amines is 1. The van der Waals surface area contributed by atoms with E-state index < -0.39 is 0 Å². The third-order valence-electron chi connectivity index (χ3n) is 6.96. The zero-order chi connectivity index (χ0) is 23.9. The Morgan fingerprint density at radius 1 is 1.17 bits per heavy atom. The molecule has 6 rings (SSSR count). The number of rotatable bonds is 6. The molecular formula is C25H27N5O4S. The van der Waals surface area contributed by atoms with Gasteiger partial charge in [-0.15, -0.1) is 11.3 Å². The van der Waals surface area contributed by atoms with E-state index in [1.807, 2.05) is 30.3 Å². The first-order valence-electron chi connectivity index (χ1n) is 11.9. The highest BCUT2D eigenvalue weighted by molar-refractivity contribution is 7.25. The molecule has 0 spiro atoms. The van der Waals surface area contributed by atoms with Crippen LogP contribution in [0.4, 0.5) is 5.69 Å². The van der Waals surface area contributed by atoms with E-state index in [1.54, 1.807) is 13.3 Å². The van der Waals surface area contributed by atoms with Crippen LogP contribution >= 0.6 is 11.3 Å². The van der Waals surface area contributed by atoms with Gasteiger partial charge in [-0.25, -0.2) is 9.78 Å². The van der Waals surface area contributed by atoms with E-state index in [-0.39, 0.29) is 17.3 Å². The number of benzene rings is 1. The van der Waals surface area contributed by atoms with Crippen molar-refractivity contribution in [3.63, 3.8) is 0 Å². The quantitative estimate of drug-likeness (QED) is 0.413. The van der Waals surface area contributed by atoms with Crippen LogP contribution in [-0.2, 0) is 6.54 Å². The van der Waals surface area contributed by atoms with Gasteiger partial charge in [-0.2, -0.15) is 0 Å². The molecule has 1 fully saturated rings. The molecule has 0 radical (unpaired) electrons. The number of hydrogen-bond acceptors (Lipinski definition) is 8. The molecule has 1 atom stereocenters. The zero-order valence-corrected chi connectivity index (χ0v) is 20.3. The molecule has 1 saturated heterocycles. The van der Waals surface area contributed by atoms with E-state index in [1.165, 1.54) is 15.9 Å². The summed E-state index contributed by atoms with van der Waals surface area (Å²) in [5.74, 6) is 1.74. The average Bonchev–Trinajstić information content (AvgIpc) is 3.26. The largest absolute Gasteiger partial charge is 0.494 e. The number of ether oxygens (including phenoxy) is 2. The SMILES string of the molecule is COc1cccc2c1N1CCN(CCCCn3c(=O)[nH]c4c(sc5ncccc54)c3=O)CC1CO2. The van der Waals surface area contributed by atoms with Crippen molar-refractivity contribution < 1.29 is 9.47 Å². The number of methoxy groups -OCH3 is 1. The molecule has 4 aromatic rings. The number of H-pyrrole nitrogens is 1. The summed E-state index contributed by atoms with van der Waals surface area (Å²) in [5.41, 5.74) is 1.06. The first-order chi connectivity index (χ1) is 17.1. The van der Waals surface area contributed by atoms with Gasteiger partial charge in [-0.1, -0.05) is 6.07 Å². The molecule has 182 valence electrons. The second-order valence-electron chi connectivity index (χ2n) is 9.02. The Balaban J connectivity index is 1.09. The second kappa shape index (κ2) is 9.01. The first-order valence-corrected chi connectivity index (χ1v) is 12.7. The fourth-order valence-corrected chi connectivity index (χ4v) is 6.26. The van der Waals surface area contributed by atoms with E-state index in [4.69, 9.17) is 9.47 Å². The number of nitrogens with zero attached hydrogens (tertiary/aromatic N) is 4. The number of pyridine rings is 1. The first kappa shape index (κ1) is 22.1. The molecular weight excluding hydrogens is 466 g/mol. The van der Waals surface area contributed by atoms with E-state index >= 15 is 0 Å². The van der Waals surface area contributed by atoms with Gasteiger partial charge in [0, 0.05) is 37.8 Å². The summed E-state index contributed by atoms with van der Waals surface area (Å²) >= 11 is 1.33. The number of fused-ring (bicyclic) bond motifs is 6. The molecule has 1 unspecified atom stereocenters. The molecule has 5 heterocycles. The lowest BCUT2D eigenvalue weighted by atomic mass is 10.1. The van der Waals surface area contributed by atoms with E-state index in [9.17, 15) is 9.59 Å². The molecule has 3 aromatic heterocycles. The maximum atomic E-state index is 13.0. The van der Waals surface area contributed by atoms with Crippen molar-refractivity contribution in [1.82, 2.24) is 19.4 Å². The van der Waals surface area contributed by atoms with E-state index in [0.29, 0.717) is 23.4 Å². The monoisotopic (exact) mass is 493 g/mol. The number of nitrogens with one attached hydrogen (secondary N) is 1. The Bertz CT molecular complexity index is 1500. The summed E-state index contributed by atoms with van der Waals surface area (Å²) in [6.07, 6.45) is 3.36. The maximum Gasteiger partial charge on any atom is 0.328 e. The van der Waals surface area contributed by atoms with Gasteiger partial charge in [0.05, 0.1) is 18.7 Å². The summed E-state index contributed by atoms with van der Waals surface area (Å²) in [7, 11) is 1.70. The lowest BCUT2D eigenvalue weighted by Gasteiger charge is -2.46. The standard InChI is InChI=1S/C25H27N5O4S/c1-33-18-7-4-8-19-21(18)29-13-12-28(14-16(29)15-34-19)10-2-3-11-30-24(31)22-20(27-25(30)32)17-6-5-9-26-23(17)35-22/h4-9,16H,2-3,10-15H2,1H3,(H,27,32). The van der Waals surface area contributed by atoms with Crippen molar-refractivity contribution in [2.75, 3.05) is 44.8 Å². The fraction of sp³-hybridized carbons (Fsp3) is 0.400. The highest BCUT2D eigenvalue weighted by atomic mass is 32.1. The summed E-state index contributed by atoms with van der Waals surface area (Å²) < 4.78 is 13.5. The summed E-state index contributed by atoms with van der Waals surface area (Å²) in [4.78, 5) is 38.5. The van der Waals surface area contributed by atoms with Crippen molar-refractivity contribution in [2.45, 2.75) is 25.4 Å². The molecule has 0 aliphatic carbocycles. The van der Waals surface area contributed by atoms with Crippen LogP contribution in [0, 0.1) is 0 Å². The van der Waals surface area contributed by atoms with Gasteiger partial charge in [0.1, 0.15) is 33.3 Å². The van der Waals surface area contributed by atoms with Crippen molar-refractivity contribution >= 4 is 37.5 Å². The van der Waals surface area contributed by atoms with Crippen LogP contribution < -0.4 is 25.6 Å². The predicted octanol–water partition coefficient (Wildman–Crippen LogP) is 2.67. The smallest absolute Gasteiger partial charge is 0.328 e. The molecule has 1 N–H and O–H groups in total. The molecule has 0 amide bonds. The number of thiophene rings is 1. The number of anilines is 1. The second-order valence-corrected chi connectivity index (χ2v) is 10.0. The minimum atomic E-state index is -0.355. The fourth-order valence-electron chi connectivity index (χ4n) is 5.22. The molecule has 0 bridgehead atoms. The van der Waals surface area contributed by atoms with Gasteiger partial charge in [0.2, 0.25) is 0 Å². The number of unbranched alkanes of at least 4 members (excludes halogenated alkanes) is 1. The highest BCUT2D eigenvalue weighted by Gasteiger charge is 2.34. The maximum absolute atomic E-state index is 13.0. The van der Waals surface area contributed by atoms with Gasteiger partial charge >= 0.3 is 5.69 Å². The average molecular weight is 494 g/mol. The van der Waals surface area contributed by atoms with Crippen LogP contribution in [-0.4, -0.2) is 65.4 Å². The molecule has 1 aromatic carbocycles. The van der Waals surface area contributed by atoms with Crippen LogP contribution in [0.25, 0.3) is 20.4 Å². The van der Waals surface area contributed by atoms with Crippen LogP contribution in [0.5, 0.6) is 11.5 Å². The topological polar surface area (TPSA) is 92.7 Å². The van der Waals surface area contributed by atoms with Gasteiger partial charge < -0.3 is 19.4 Å². The Morgan fingerprint density at radius 3 is 2.94 bits per heavy atom. The van der Waals surface area contributed by atoms with Gasteiger partial charge in [-0.3, -0.25) is 14.3 Å². The van der Waals surface area contributed by atoms with Crippen molar-refractivity contribution in [3.05, 3.63) is 57.4 Å². The molecule has 10 heteroatoms. The number of aromatic nitrogens is 3. The molecule has 2 aliphatic rings. The summed E-state index contributed by atoms with van der Waals surface area (Å²) in [6, 6.07) is 9.91. The predicted molar refractivity (Wildman–Crippen MR) is 137 cm³/mol. The van der Waals surface area contributed by atoms with Crippen molar-refractivity contribution in [1.29, 1.82) is 0 Å². The normalized spacial score (nSPS) is 17.9. The van der Waals surface area contributed by atoms with Crippen molar-refractivity contribution in [3.8, 4) is 11.5 Å². The molecule has 0 saturated carbocycles. The third-order valence-corrected chi connectivity index (χ3v) is 8.06. The Morgan fingerprint density at radius 2 is 2.06 bits per heavy atom. The Hall–Kier alpha value is -3.37. The molecule has 9 nitrogen and oxygen atoms in total. The van der Waals surface area contributed by atoms with Crippen LogP contribution in [0.3, 0.4) is 0 Å². The Labute approximate surface area is 205 Å².